The minimum atomic E-state index is -3.18. The summed E-state index contributed by atoms with van der Waals surface area (Å²) in [5.74, 6) is -1.58. The van der Waals surface area contributed by atoms with E-state index in [2.05, 4.69) is 51.9 Å². The van der Waals surface area contributed by atoms with Crippen LogP contribution in [0.15, 0.2) is 91.0 Å². The first kappa shape index (κ1) is 24.1. The van der Waals surface area contributed by atoms with Crippen LogP contribution < -0.4 is 21.6 Å². The number of rotatable bonds is 10. The number of carboxylic acids is 1. The maximum atomic E-state index is 12.4. The van der Waals surface area contributed by atoms with Crippen molar-refractivity contribution in [3.63, 3.8) is 0 Å². The second-order valence-electron chi connectivity index (χ2n) is 7.62. The molecule has 0 heterocycles. The molecule has 0 bridgehead atoms. The van der Waals surface area contributed by atoms with Crippen LogP contribution in [0.3, 0.4) is 0 Å². The van der Waals surface area contributed by atoms with Gasteiger partial charge in [0.25, 0.3) is 0 Å². The molecule has 0 aliphatic rings. The Labute approximate surface area is 196 Å². The molecule has 1 atom stereocenters. The van der Waals surface area contributed by atoms with Crippen LogP contribution >= 0.6 is 20.8 Å². The summed E-state index contributed by atoms with van der Waals surface area (Å²) >= 11 is 4.28. The van der Waals surface area contributed by atoms with Crippen molar-refractivity contribution in [2.24, 2.45) is 5.73 Å². The molecule has 0 aliphatic carbocycles. The zero-order valence-corrected chi connectivity index (χ0v) is 20.1. The summed E-state index contributed by atoms with van der Waals surface area (Å²) < 4.78 is 5.57. The maximum absolute atomic E-state index is 12.4. The quantitative estimate of drug-likeness (QED) is 0.318. The first-order chi connectivity index (χ1) is 15.4. The van der Waals surface area contributed by atoms with E-state index in [-0.39, 0.29) is 19.4 Å². The number of hydrogen-bond donors (Lipinski definition) is 2. The summed E-state index contributed by atoms with van der Waals surface area (Å²) in [6.45, 7) is 0.140. The van der Waals surface area contributed by atoms with E-state index in [0.717, 1.165) is 15.9 Å². The Hall–Kier alpha value is -2.53. The van der Waals surface area contributed by atoms with Gasteiger partial charge in [0, 0.05) is 0 Å². The molecule has 0 radical (unpaired) electrons. The molecule has 0 saturated carbocycles. The number of esters is 1. The predicted octanol–water partition coefficient (Wildman–Crippen LogP) is 3.56. The van der Waals surface area contributed by atoms with Gasteiger partial charge in [-0.2, -0.15) is 0 Å². The van der Waals surface area contributed by atoms with Crippen LogP contribution in [0.1, 0.15) is 12.8 Å². The normalized spacial score (nSPS) is 13.5. The summed E-state index contributed by atoms with van der Waals surface area (Å²) in [7, 11) is 0. The van der Waals surface area contributed by atoms with Gasteiger partial charge in [0.1, 0.15) is 0 Å². The van der Waals surface area contributed by atoms with Crippen molar-refractivity contribution >= 4 is 48.6 Å². The SMILES string of the molecule is N[C@@H](CCC(=O)O)C(=O)OCCP(Br)(c1ccccc1)(c1ccccc1)c1ccccc1. The molecule has 0 unspecified atom stereocenters. The van der Waals surface area contributed by atoms with Crippen molar-refractivity contribution < 1.29 is 19.4 Å². The standard InChI is InChI=1S/C25H27BrNO4P/c26-32(20-10-4-1-5-11-20,21-12-6-2-7-13-21,22-14-8-3-9-15-22)19-18-31-25(30)23(27)16-17-24(28)29/h1-15,23H,16-19,27H2,(H,28,29)/t23-/m0/s1. The van der Waals surface area contributed by atoms with E-state index in [1.54, 1.807) is 0 Å². The van der Waals surface area contributed by atoms with Crippen LogP contribution in [-0.4, -0.2) is 35.9 Å². The number of nitrogens with two attached hydrogens (primary N) is 1. The van der Waals surface area contributed by atoms with Gasteiger partial charge in [0.05, 0.1) is 0 Å². The Bertz CT molecular complexity index is 948. The van der Waals surface area contributed by atoms with Crippen molar-refractivity contribution in [2.45, 2.75) is 18.9 Å². The van der Waals surface area contributed by atoms with Gasteiger partial charge < -0.3 is 0 Å². The fraction of sp³-hybridized carbons (Fsp3) is 0.200. The topological polar surface area (TPSA) is 89.6 Å². The van der Waals surface area contributed by atoms with E-state index in [9.17, 15) is 9.59 Å². The second kappa shape index (κ2) is 10.4. The molecule has 0 amide bonds. The van der Waals surface area contributed by atoms with E-state index >= 15 is 0 Å². The zero-order chi connectivity index (χ0) is 23.1. The predicted molar refractivity (Wildman–Crippen MR) is 135 cm³/mol. The number of aliphatic carboxylic acids is 1. The van der Waals surface area contributed by atoms with Gasteiger partial charge in [-0.05, 0) is 0 Å². The average Bonchev–Trinajstić information content (AvgIpc) is 2.84. The van der Waals surface area contributed by atoms with E-state index in [1.165, 1.54) is 0 Å². The molecule has 0 aliphatic heterocycles. The van der Waals surface area contributed by atoms with Crippen molar-refractivity contribution in [3.8, 4) is 0 Å². The summed E-state index contributed by atoms with van der Waals surface area (Å²) in [5, 5.41) is 9.03. The molecule has 3 N–H and O–H groups in total. The fourth-order valence-corrected chi connectivity index (χ4v) is 10.9. The molecular formula is C25H27BrNO4P. The summed E-state index contributed by atoms with van der Waals surface area (Å²) in [6.07, 6.45) is 0.398. The number of carbonyl (C=O) groups is 2. The first-order valence-electron chi connectivity index (χ1n) is 10.4. The first-order valence-corrected chi connectivity index (χ1v) is 14.8. The van der Waals surface area contributed by atoms with Gasteiger partial charge in [-0.3, -0.25) is 0 Å². The molecular weight excluding hydrogens is 489 g/mol. The van der Waals surface area contributed by atoms with Crippen molar-refractivity contribution in [3.05, 3.63) is 91.0 Å². The zero-order valence-electron chi connectivity index (χ0n) is 17.6. The number of carboxylic acid groups (broad SMARTS) is 1. The Kier molecular flexibility index (Phi) is 7.83. The molecule has 3 rings (SSSR count). The van der Waals surface area contributed by atoms with Gasteiger partial charge in [-0.1, -0.05) is 0 Å². The van der Waals surface area contributed by atoms with Crippen molar-refractivity contribution in [1.82, 2.24) is 0 Å². The van der Waals surface area contributed by atoms with Crippen LogP contribution in [0.4, 0.5) is 0 Å². The third kappa shape index (κ3) is 4.93. The third-order valence-electron chi connectivity index (χ3n) is 5.61. The van der Waals surface area contributed by atoms with Crippen LogP contribution in [-0.2, 0) is 14.3 Å². The second-order valence-corrected chi connectivity index (χ2v) is 16.7. The third-order valence-corrected chi connectivity index (χ3v) is 15.5. The van der Waals surface area contributed by atoms with Crippen molar-refractivity contribution in [1.29, 1.82) is 0 Å². The van der Waals surface area contributed by atoms with Gasteiger partial charge in [0.2, 0.25) is 0 Å². The van der Waals surface area contributed by atoms with E-state index in [1.807, 2.05) is 54.6 Å². The Morgan fingerprint density at radius 3 is 1.62 bits per heavy atom. The van der Waals surface area contributed by atoms with Crippen molar-refractivity contribution in [2.75, 3.05) is 12.8 Å². The van der Waals surface area contributed by atoms with Gasteiger partial charge in [0.15, 0.2) is 0 Å². The van der Waals surface area contributed by atoms with E-state index in [4.69, 9.17) is 15.6 Å². The number of hydrogen-bond acceptors (Lipinski definition) is 4. The number of halogens is 1. The molecule has 32 heavy (non-hydrogen) atoms. The van der Waals surface area contributed by atoms with E-state index in [0.29, 0.717) is 6.16 Å². The fourth-order valence-electron chi connectivity index (χ4n) is 3.87. The van der Waals surface area contributed by atoms with E-state index < -0.39 is 23.3 Å². The molecule has 0 saturated heterocycles. The summed E-state index contributed by atoms with van der Waals surface area (Å²) in [6, 6.07) is 29.7. The monoisotopic (exact) mass is 515 g/mol. The Balaban J connectivity index is 2.00. The number of benzene rings is 3. The summed E-state index contributed by atoms with van der Waals surface area (Å²) in [5.41, 5.74) is 5.84. The average molecular weight is 516 g/mol. The number of ether oxygens (including phenoxy) is 1. The number of carbonyl (C=O) groups excluding carboxylic acids is 1. The van der Waals surface area contributed by atoms with Gasteiger partial charge in [-0.15, -0.1) is 0 Å². The van der Waals surface area contributed by atoms with Crippen LogP contribution in [0.25, 0.3) is 0 Å². The van der Waals surface area contributed by atoms with Crippen LogP contribution in [0.5, 0.6) is 0 Å². The molecule has 0 spiro atoms. The minimum absolute atomic E-state index is 0.0438. The van der Waals surface area contributed by atoms with Crippen LogP contribution in [0.2, 0.25) is 0 Å². The molecule has 0 fully saturated rings. The molecule has 3 aromatic rings. The van der Waals surface area contributed by atoms with Crippen LogP contribution in [0, 0.1) is 0 Å². The molecule has 0 aromatic heterocycles. The van der Waals surface area contributed by atoms with Gasteiger partial charge in [-0.25, -0.2) is 0 Å². The molecule has 3 aromatic carbocycles. The molecule has 168 valence electrons. The molecule has 7 heteroatoms. The Morgan fingerprint density at radius 1 is 0.844 bits per heavy atom. The molecule has 5 nitrogen and oxygen atoms in total. The summed E-state index contributed by atoms with van der Waals surface area (Å²) in [4.78, 5) is 23.2. The Morgan fingerprint density at radius 2 is 1.25 bits per heavy atom. The van der Waals surface area contributed by atoms with Gasteiger partial charge >= 0.3 is 196 Å².